The van der Waals surface area contributed by atoms with E-state index < -0.39 is 28.5 Å². The second-order valence-electron chi connectivity index (χ2n) is 8.92. The first kappa shape index (κ1) is 29.9. The number of aryl methyl sites for hydroxylation is 1. The van der Waals surface area contributed by atoms with Gasteiger partial charge in [0, 0.05) is 22.0 Å². The second kappa shape index (κ2) is 13.4. The van der Waals surface area contributed by atoms with Gasteiger partial charge in [-0.25, -0.2) is 8.42 Å². The highest BCUT2D eigenvalue weighted by Gasteiger charge is 2.32. The standard InChI is InChI=1S/C28H31Br2N3O4S/c1-4-16-31-28(35)21(3)32(18-22-6-5-7-24(30)17-22)27(34)19-33(25-12-10-23(29)11-13-25)38(36,37)26-14-8-20(2)9-15-26/h5-15,17,21H,4,16,18-19H2,1-3H3,(H,31,35)/t21-/m1/s1. The van der Waals surface area contributed by atoms with Crippen LogP contribution in [0.15, 0.2) is 86.6 Å². The molecule has 0 unspecified atom stereocenters. The number of carbonyl (C=O) groups excluding carboxylic acids is 2. The van der Waals surface area contributed by atoms with E-state index in [0.29, 0.717) is 12.2 Å². The highest BCUT2D eigenvalue weighted by molar-refractivity contribution is 9.10. The highest BCUT2D eigenvalue weighted by Crippen LogP contribution is 2.26. The molecule has 10 heteroatoms. The largest absolute Gasteiger partial charge is 0.354 e. The third kappa shape index (κ3) is 7.68. The monoisotopic (exact) mass is 663 g/mol. The Morgan fingerprint density at radius 3 is 2.21 bits per heavy atom. The lowest BCUT2D eigenvalue weighted by molar-refractivity contribution is -0.139. The van der Waals surface area contributed by atoms with Crippen LogP contribution in [0.5, 0.6) is 0 Å². The predicted octanol–water partition coefficient (Wildman–Crippen LogP) is 5.66. The van der Waals surface area contributed by atoms with Gasteiger partial charge in [0.2, 0.25) is 11.8 Å². The zero-order valence-corrected chi connectivity index (χ0v) is 25.5. The van der Waals surface area contributed by atoms with E-state index in [0.717, 1.165) is 30.8 Å². The van der Waals surface area contributed by atoms with Gasteiger partial charge in [-0.2, -0.15) is 0 Å². The number of rotatable bonds is 11. The normalized spacial score (nSPS) is 12.0. The van der Waals surface area contributed by atoms with Crippen LogP contribution in [0.4, 0.5) is 5.69 Å². The summed E-state index contributed by atoms with van der Waals surface area (Å²) in [5.74, 6) is -0.797. The molecule has 0 bridgehead atoms. The molecule has 7 nitrogen and oxygen atoms in total. The maximum absolute atomic E-state index is 13.9. The van der Waals surface area contributed by atoms with E-state index in [2.05, 4.69) is 37.2 Å². The zero-order valence-electron chi connectivity index (χ0n) is 21.5. The highest BCUT2D eigenvalue weighted by atomic mass is 79.9. The lowest BCUT2D eigenvalue weighted by Crippen LogP contribution is -2.51. The number of nitrogens with one attached hydrogen (secondary N) is 1. The van der Waals surface area contributed by atoms with Gasteiger partial charge in [0.05, 0.1) is 10.6 Å². The first-order chi connectivity index (χ1) is 18.0. The van der Waals surface area contributed by atoms with Gasteiger partial charge >= 0.3 is 0 Å². The minimum absolute atomic E-state index is 0.0751. The fraction of sp³-hybridized carbons (Fsp3) is 0.286. The van der Waals surface area contributed by atoms with Crippen molar-refractivity contribution in [1.82, 2.24) is 10.2 Å². The number of anilines is 1. The summed E-state index contributed by atoms with van der Waals surface area (Å²) < 4.78 is 30.3. The molecule has 202 valence electrons. The fourth-order valence-corrected chi connectivity index (χ4v) is 5.91. The number of halogens is 2. The lowest BCUT2D eigenvalue weighted by Gasteiger charge is -2.32. The van der Waals surface area contributed by atoms with E-state index in [9.17, 15) is 18.0 Å². The van der Waals surface area contributed by atoms with Crippen molar-refractivity contribution >= 4 is 59.4 Å². The SMILES string of the molecule is CCCNC(=O)[C@@H](C)N(Cc1cccc(Br)c1)C(=O)CN(c1ccc(Br)cc1)S(=O)(=O)c1ccc(C)cc1. The smallest absolute Gasteiger partial charge is 0.264 e. The number of hydrogen-bond acceptors (Lipinski definition) is 4. The van der Waals surface area contributed by atoms with Crippen LogP contribution in [0.1, 0.15) is 31.4 Å². The third-order valence-electron chi connectivity index (χ3n) is 5.96. The molecule has 3 rings (SSSR count). The number of sulfonamides is 1. The number of hydrogen-bond donors (Lipinski definition) is 1. The van der Waals surface area contributed by atoms with Gasteiger partial charge in [-0.05, 0) is 74.4 Å². The van der Waals surface area contributed by atoms with Gasteiger partial charge in [-0.15, -0.1) is 0 Å². The van der Waals surface area contributed by atoms with Gasteiger partial charge in [-0.1, -0.05) is 68.6 Å². The van der Waals surface area contributed by atoms with Gasteiger partial charge < -0.3 is 10.2 Å². The molecule has 2 amide bonds. The lowest BCUT2D eigenvalue weighted by atomic mass is 10.1. The molecule has 0 aliphatic carbocycles. The Hall–Kier alpha value is -2.69. The van der Waals surface area contributed by atoms with Crippen LogP contribution >= 0.6 is 31.9 Å². The average molecular weight is 665 g/mol. The van der Waals surface area contributed by atoms with Crippen molar-refractivity contribution in [2.45, 2.75) is 44.7 Å². The molecule has 3 aromatic carbocycles. The van der Waals surface area contributed by atoms with E-state index in [1.165, 1.54) is 17.0 Å². The van der Waals surface area contributed by atoms with E-state index >= 15 is 0 Å². The van der Waals surface area contributed by atoms with Crippen LogP contribution < -0.4 is 9.62 Å². The maximum atomic E-state index is 13.9. The molecule has 0 saturated heterocycles. The molecule has 0 aliphatic rings. The first-order valence-corrected chi connectivity index (χ1v) is 15.2. The predicted molar refractivity (Wildman–Crippen MR) is 157 cm³/mol. The van der Waals surface area contributed by atoms with E-state index in [1.807, 2.05) is 38.1 Å². The van der Waals surface area contributed by atoms with E-state index in [1.54, 1.807) is 43.3 Å². The van der Waals surface area contributed by atoms with Crippen molar-refractivity contribution in [2.75, 3.05) is 17.4 Å². The summed E-state index contributed by atoms with van der Waals surface area (Å²) in [5, 5.41) is 2.84. The molecule has 3 aromatic rings. The molecule has 1 atom stereocenters. The number of amides is 2. The summed E-state index contributed by atoms with van der Waals surface area (Å²) >= 11 is 6.83. The minimum atomic E-state index is -4.09. The maximum Gasteiger partial charge on any atom is 0.264 e. The topological polar surface area (TPSA) is 86.8 Å². The van der Waals surface area contributed by atoms with E-state index in [-0.39, 0.29) is 17.3 Å². The van der Waals surface area contributed by atoms with Gasteiger partial charge in [0.15, 0.2) is 0 Å². The quantitative estimate of drug-likeness (QED) is 0.287. The second-order valence-corrected chi connectivity index (χ2v) is 12.6. The van der Waals surface area contributed by atoms with Crippen molar-refractivity contribution in [1.29, 1.82) is 0 Å². The Morgan fingerprint density at radius 1 is 0.947 bits per heavy atom. The molecular formula is C28H31Br2N3O4S. The fourth-order valence-electron chi connectivity index (χ4n) is 3.78. The van der Waals surface area contributed by atoms with Crippen LogP contribution in [-0.4, -0.2) is 44.3 Å². The van der Waals surface area contributed by atoms with Crippen LogP contribution in [0.3, 0.4) is 0 Å². The summed E-state index contributed by atoms with van der Waals surface area (Å²) in [6.45, 7) is 5.61. The zero-order chi connectivity index (χ0) is 27.9. The van der Waals surface area contributed by atoms with Crippen LogP contribution in [0.2, 0.25) is 0 Å². The molecule has 0 fully saturated rings. The molecule has 0 heterocycles. The average Bonchev–Trinajstić information content (AvgIpc) is 2.89. The molecule has 0 aromatic heterocycles. The Kier molecular flexibility index (Phi) is 10.5. The van der Waals surface area contributed by atoms with Crippen molar-refractivity contribution in [3.63, 3.8) is 0 Å². The molecule has 0 aliphatic heterocycles. The molecule has 0 saturated carbocycles. The number of nitrogens with zero attached hydrogens (tertiary/aromatic N) is 2. The van der Waals surface area contributed by atoms with E-state index in [4.69, 9.17) is 0 Å². The van der Waals surface area contributed by atoms with Gasteiger partial charge in [0.25, 0.3) is 10.0 Å². The van der Waals surface area contributed by atoms with Crippen molar-refractivity contribution in [3.8, 4) is 0 Å². The number of carbonyl (C=O) groups is 2. The third-order valence-corrected chi connectivity index (χ3v) is 8.77. The first-order valence-electron chi connectivity index (χ1n) is 12.2. The van der Waals surface area contributed by atoms with Crippen LogP contribution in [0.25, 0.3) is 0 Å². The van der Waals surface area contributed by atoms with Crippen molar-refractivity contribution in [3.05, 3.63) is 92.9 Å². The van der Waals surface area contributed by atoms with Crippen molar-refractivity contribution in [2.24, 2.45) is 0 Å². The Bertz CT molecular complexity index is 1360. The molecule has 0 radical (unpaired) electrons. The van der Waals surface area contributed by atoms with Crippen molar-refractivity contribution < 1.29 is 18.0 Å². The molecular weight excluding hydrogens is 634 g/mol. The van der Waals surface area contributed by atoms with Gasteiger partial charge in [-0.3, -0.25) is 13.9 Å². The van der Waals surface area contributed by atoms with Gasteiger partial charge in [0.1, 0.15) is 12.6 Å². The molecule has 0 spiro atoms. The van der Waals surface area contributed by atoms with Crippen LogP contribution in [0, 0.1) is 6.92 Å². The number of benzene rings is 3. The molecule has 1 N–H and O–H groups in total. The summed E-state index contributed by atoms with van der Waals surface area (Å²) in [4.78, 5) is 28.2. The summed E-state index contributed by atoms with van der Waals surface area (Å²) in [5.41, 5.74) is 2.06. The Morgan fingerprint density at radius 2 is 1.61 bits per heavy atom. The Labute approximate surface area is 241 Å². The summed E-state index contributed by atoms with van der Waals surface area (Å²) in [7, 11) is -4.09. The molecule has 38 heavy (non-hydrogen) atoms. The minimum Gasteiger partial charge on any atom is -0.354 e. The Balaban J connectivity index is 2.01. The van der Waals surface area contributed by atoms with Crippen LogP contribution in [-0.2, 0) is 26.2 Å². The summed E-state index contributed by atoms with van der Waals surface area (Å²) in [6, 6.07) is 19.8. The summed E-state index contributed by atoms with van der Waals surface area (Å²) in [6.07, 6.45) is 0.754.